The van der Waals surface area contributed by atoms with Crippen molar-refractivity contribution >= 4 is 5.69 Å². The van der Waals surface area contributed by atoms with E-state index in [0.717, 1.165) is 19.5 Å². The fourth-order valence-electron chi connectivity index (χ4n) is 3.56. The molecule has 2 aromatic rings. The van der Waals surface area contributed by atoms with Crippen LogP contribution in [0.25, 0.3) is 11.1 Å². The zero-order valence-corrected chi connectivity index (χ0v) is 11.9. The normalized spacial score (nSPS) is 20.1. The maximum atomic E-state index is 3.39. The molecule has 1 aliphatic carbocycles. The van der Waals surface area contributed by atoms with Gasteiger partial charge in [0.25, 0.3) is 0 Å². The smallest absolute Gasteiger partial charge is 0.0370 e. The number of hydrogen-bond acceptors (Lipinski definition) is 2. The first-order valence-corrected chi connectivity index (χ1v) is 7.48. The van der Waals surface area contributed by atoms with Gasteiger partial charge in [-0.2, -0.15) is 0 Å². The molecular weight excluding hydrogens is 244 g/mol. The molecule has 2 nitrogen and oxygen atoms in total. The second-order valence-corrected chi connectivity index (χ2v) is 5.90. The summed E-state index contributed by atoms with van der Waals surface area (Å²) in [6.45, 7) is 2.29. The summed E-state index contributed by atoms with van der Waals surface area (Å²) >= 11 is 0. The van der Waals surface area contributed by atoms with Crippen molar-refractivity contribution in [1.82, 2.24) is 5.32 Å². The second kappa shape index (κ2) is 4.64. The van der Waals surface area contributed by atoms with Crippen LogP contribution >= 0.6 is 0 Å². The summed E-state index contributed by atoms with van der Waals surface area (Å²) in [5.41, 5.74) is 7.18. The van der Waals surface area contributed by atoms with Gasteiger partial charge in [0.2, 0.25) is 0 Å². The minimum atomic E-state index is 0.639. The first-order valence-electron chi connectivity index (χ1n) is 7.48. The van der Waals surface area contributed by atoms with Crippen LogP contribution in [0.5, 0.6) is 0 Å². The van der Waals surface area contributed by atoms with E-state index >= 15 is 0 Å². The molecule has 1 aliphatic heterocycles. The van der Waals surface area contributed by atoms with Crippen molar-refractivity contribution in [2.24, 2.45) is 0 Å². The van der Waals surface area contributed by atoms with Gasteiger partial charge < -0.3 is 10.2 Å². The topological polar surface area (TPSA) is 15.3 Å². The third-order valence-corrected chi connectivity index (χ3v) is 4.74. The molecule has 1 atom stereocenters. The van der Waals surface area contributed by atoms with Crippen LogP contribution < -0.4 is 10.2 Å². The predicted molar refractivity (Wildman–Crippen MR) is 84.4 cm³/mol. The maximum Gasteiger partial charge on any atom is 0.0370 e. The molecule has 0 saturated carbocycles. The highest BCUT2D eigenvalue weighted by atomic mass is 15.2. The third-order valence-electron chi connectivity index (χ3n) is 4.74. The van der Waals surface area contributed by atoms with E-state index in [1.807, 2.05) is 0 Å². The van der Waals surface area contributed by atoms with E-state index in [0.29, 0.717) is 6.04 Å². The number of nitrogens with zero attached hydrogens (tertiary/aromatic N) is 1. The minimum Gasteiger partial charge on any atom is -0.370 e. The molecule has 2 heteroatoms. The molecule has 102 valence electrons. The van der Waals surface area contributed by atoms with Gasteiger partial charge in [0.15, 0.2) is 0 Å². The lowest BCUT2D eigenvalue weighted by atomic mass is 10.1. The van der Waals surface area contributed by atoms with Crippen molar-refractivity contribution in [2.75, 3.05) is 25.0 Å². The summed E-state index contributed by atoms with van der Waals surface area (Å²) in [6, 6.07) is 16.4. The average molecular weight is 264 g/mol. The number of anilines is 1. The van der Waals surface area contributed by atoms with Gasteiger partial charge in [-0.25, -0.2) is 0 Å². The van der Waals surface area contributed by atoms with Gasteiger partial charge in [-0.15, -0.1) is 0 Å². The Kier molecular flexibility index (Phi) is 2.78. The monoisotopic (exact) mass is 264 g/mol. The molecule has 0 bridgehead atoms. The van der Waals surface area contributed by atoms with E-state index in [9.17, 15) is 0 Å². The number of rotatable bonds is 2. The Bertz CT molecular complexity index is 648. The van der Waals surface area contributed by atoms with Crippen molar-refractivity contribution in [3.63, 3.8) is 0 Å². The highest BCUT2D eigenvalue weighted by molar-refractivity contribution is 5.78. The SMILES string of the molecule is CNC1CCN(c2ccc3c(c2)Cc2ccccc2-3)C1. The van der Waals surface area contributed by atoms with Crippen LogP contribution in [0.15, 0.2) is 42.5 Å². The number of benzene rings is 2. The zero-order valence-electron chi connectivity index (χ0n) is 11.9. The molecule has 4 rings (SSSR count). The van der Waals surface area contributed by atoms with E-state index in [2.05, 4.69) is 59.7 Å². The summed E-state index contributed by atoms with van der Waals surface area (Å²) in [5, 5.41) is 3.39. The molecule has 1 N–H and O–H groups in total. The van der Waals surface area contributed by atoms with Crippen molar-refractivity contribution in [2.45, 2.75) is 18.9 Å². The summed E-state index contributed by atoms with van der Waals surface area (Å²) in [4.78, 5) is 2.50. The Morgan fingerprint density at radius 2 is 1.90 bits per heavy atom. The molecular formula is C18H20N2. The van der Waals surface area contributed by atoms with Crippen LogP contribution in [0.4, 0.5) is 5.69 Å². The zero-order chi connectivity index (χ0) is 13.5. The minimum absolute atomic E-state index is 0.639. The summed E-state index contributed by atoms with van der Waals surface area (Å²) in [6.07, 6.45) is 2.33. The summed E-state index contributed by atoms with van der Waals surface area (Å²) < 4.78 is 0. The maximum absolute atomic E-state index is 3.39. The summed E-state index contributed by atoms with van der Waals surface area (Å²) in [7, 11) is 2.06. The van der Waals surface area contributed by atoms with Gasteiger partial charge in [-0.3, -0.25) is 0 Å². The molecule has 1 unspecified atom stereocenters. The first-order chi connectivity index (χ1) is 9.85. The second-order valence-electron chi connectivity index (χ2n) is 5.90. The van der Waals surface area contributed by atoms with Crippen LogP contribution in [-0.2, 0) is 6.42 Å². The lowest BCUT2D eigenvalue weighted by Crippen LogP contribution is -2.29. The standard InChI is InChI=1S/C18H20N2/c1-19-15-8-9-20(12-15)16-6-7-18-14(11-16)10-13-4-2-3-5-17(13)18/h2-7,11,15,19H,8-10,12H2,1H3. The van der Waals surface area contributed by atoms with Crippen LogP contribution in [-0.4, -0.2) is 26.2 Å². The van der Waals surface area contributed by atoms with Gasteiger partial charge in [0, 0.05) is 24.8 Å². The van der Waals surface area contributed by atoms with Crippen LogP contribution in [0.2, 0.25) is 0 Å². The number of fused-ring (bicyclic) bond motifs is 3. The highest BCUT2D eigenvalue weighted by Gasteiger charge is 2.23. The van der Waals surface area contributed by atoms with E-state index < -0.39 is 0 Å². The van der Waals surface area contributed by atoms with Crippen molar-refractivity contribution in [3.05, 3.63) is 53.6 Å². The average Bonchev–Trinajstić information content (AvgIpc) is 3.10. The number of nitrogens with one attached hydrogen (secondary N) is 1. The molecule has 1 saturated heterocycles. The fraction of sp³-hybridized carbons (Fsp3) is 0.333. The quantitative estimate of drug-likeness (QED) is 0.765. The van der Waals surface area contributed by atoms with Crippen molar-refractivity contribution < 1.29 is 0 Å². The summed E-state index contributed by atoms with van der Waals surface area (Å²) in [5.74, 6) is 0. The van der Waals surface area contributed by atoms with Crippen LogP contribution in [0, 0.1) is 0 Å². The van der Waals surface area contributed by atoms with Gasteiger partial charge in [0.1, 0.15) is 0 Å². The lowest BCUT2D eigenvalue weighted by Gasteiger charge is -2.19. The van der Waals surface area contributed by atoms with Gasteiger partial charge in [-0.1, -0.05) is 30.3 Å². The predicted octanol–water partition coefficient (Wildman–Crippen LogP) is 3.06. The Morgan fingerprint density at radius 1 is 1.05 bits per heavy atom. The molecule has 0 amide bonds. The third kappa shape index (κ3) is 1.83. The van der Waals surface area contributed by atoms with E-state index in [1.165, 1.54) is 34.4 Å². The number of likely N-dealkylation sites (N-methyl/N-ethyl adjacent to an activating group) is 1. The van der Waals surface area contributed by atoms with Crippen molar-refractivity contribution in [1.29, 1.82) is 0 Å². The fourth-order valence-corrected chi connectivity index (χ4v) is 3.56. The first kappa shape index (κ1) is 12.0. The Hall–Kier alpha value is -1.80. The molecule has 2 aromatic carbocycles. The lowest BCUT2D eigenvalue weighted by molar-refractivity contribution is 0.617. The van der Waals surface area contributed by atoms with E-state index in [-0.39, 0.29) is 0 Å². The van der Waals surface area contributed by atoms with Gasteiger partial charge >= 0.3 is 0 Å². The molecule has 0 aromatic heterocycles. The van der Waals surface area contributed by atoms with Gasteiger partial charge in [0.05, 0.1) is 0 Å². The molecule has 1 heterocycles. The Balaban J connectivity index is 1.66. The largest absolute Gasteiger partial charge is 0.370 e. The van der Waals surface area contributed by atoms with Crippen LogP contribution in [0.3, 0.4) is 0 Å². The molecule has 0 radical (unpaired) electrons. The molecule has 20 heavy (non-hydrogen) atoms. The highest BCUT2D eigenvalue weighted by Crippen LogP contribution is 2.38. The van der Waals surface area contributed by atoms with E-state index in [1.54, 1.807) is 0 Å². The number of hydrogen-bond donors (Lipinski definition) is 1. The molecule has 1 fully saturated rings. The molecule has 2 aliphatic rings. The Labute approximate surface area is 120 Å². The Morgan fingerprint density at radius 3 is 2.75 bits per heavy atom. The van der Waals surface area contributed by atoms with Crippen molar-refractivity contribution in [3.8, 4) is 11.1 Å². The van der Waals surface area contributed by atoms with Gasteiger partial charge in [-0.05, 0) is 54.3 Å². The molecule has 0 spiro atoms. The van der Waals surface area contributed by atoms with E-state index in [4.69, 9.17) is 0 Å². The van der Waals surface area contributed by atoms with Crippen LogP contribution in [0.1, 0.15) is 17.5 Å².